The first kappa shape index (κ1) is 27.1. The Hall–Kier alpha value is -3.98. The summed E-state index contributed by atoms with van der Waals surface area (Å²) in [7, 11) is 1.64. The third-order valence-corrected chi connectivity index (χ3v) is 7.94. The second-order valence-electron chi connectivity index (χ2n) is 8.80. The smallest absolute Gasteiger partial charge is 0.352 e. The SMILES string of the molecule is CNc1nc(/C(=N/OC(C)(C)C(=O)O)C(=O)N[C@@H]2C(=O)N3C(C(=O)O)=C(C[n+]4ccccc4)CSC23)cs1. The van der Waals surface area contributed by atoms with Gasteiger partial charge >= 0.3 is 11.9 Å². The maximum atomic E-state index is 13.2. The van der Waals surface area contributed by atoms with E-state index in [-0.39, 0.29) is 17.1 Å². The lowest BCUT2D eigenvalue weighted by atomic mass is 10.0. The number of hydrogen-bond donors (Lipinski definition) is 4. The van der Waals surface area contributed by atoms with Crippen LogP contribution in [0.4, 0.5) is 5.13 Å². The van der Waals surface area contributed by atoms with E-state index in [4.69, 9.17) is 4.84 Å². The summed E-state index contributed by atoms with van der Waals surface area (Å²) in [4.78, 5) is 60.4. The van der Waals surface area contributed by atoms with E-state index in [9.17, 15) is 29.4 Å². The molecule has 4 heterocycles. The van der Waals surface area contributed by atoms with Gasteiger partial charge in [-0.25, -0.2) is 19.1 Å². The Bertz CT molecular complexity index is 1340. The van der Waals surface area contributed by atoms with Crippen molar-refractivity contribution in [2.45, 2.75) is 37.4 Å². The van der Waals surface area contributed by atoms with Crippen LogP contribution in [-0.4, -0.2) is 79.4 Å². The first-order valence-corrected chi connectivity index (χ1v) is 13.2. The Morgan fingerprint density at radius 1 is 1.26 bits per heavy atom. The molecule has 1 fully saturated rings. The van der Waals surface area contributed by atoms with Crippen LogP contribution in [0.25, 0.3) is 0 Å². The molecule has 2 amide bonds. The van der Waals surface area contributed by atoms with E-state index in [0.717, 1.165) is 0 Å². The highest BCUT2D eigenvalue weighted by Gasteiger charge is 2.54. The fraction of sp³-hybridized carbons (Fsp3) is 0.348. The molecular weight excluding hydrogens is 536 g/mol. The zero-order chi connectivity index (χ0) is 27.6. The summed E-state index contributed by atoms with van der Waals surface area (Å²) in [5, 5.41) is 29.8. The van der Waals surface area contributed by atoms with Gasteiger partial charge in [0.2, 0.25) is 5.60 Å². The highest BCUT2D eigenvalue weighted by Crippen LogP contribution is 2.40. The number of aromatic nitrogens is 2. The van der Waals surface area contributed by atoms with E-state index < -0.39 is 40.8 Å². The monoisotopic (exact) mass is 561 g/mol. The number of nitrogens with one attached hydrogen (secondary N) is 2. The lowest BCUT2D eigenvalue weighted by Gasteiger charge is -2.49. The number of thiazole rings is 1. The molecule has 0 bridgehead atoms. The number of amides is 2. The van der Waals surface area contributed by atoms with Crippen molar-refractivity contribution in [3.63, 3.8) is 0 Å². The molecule has 1 saturated heterocycles. The molecule has 4 rings (SSSR count). The zero-order valence-electron chi connectivity index (χ0n) is 20.6. The van der Waals surface area contributed by atoms with E-state index in [2.05, 4.69) is 20.8 Å². The van der Waals surface area contributed by atoms with Gasteiger partial charge in [0, 0.05) is 35.9 Å². The molecule has 0 radical (unpaired) electrons. The number of carbonyl (C=O) groups excluding carboxylic acids is 2. The lowest BCUT2D eigenvalue weighted by Crippen LogP contribution is -2.71. The molecule has 2 aliphatic rings. The van der Waals surface area contributed by atoms with Crippen molar-refractivity contribution in [3.05, 3.63) is 52.9 Å². The number of oxime groups is 1. The van der Waals surface area contributed by atoms with Gasteiger partial charge in [-0.1, -0.05) is 11.2 Å². The van der Waals surface area contributed by atoms with E-state index in [1.807, 2.05) is 22.8 Å². The minimum atomic E-state index is -1.73. The number of anilines is 1. The second-order valence-corrected chi connectivity index (χ2v) is 10.8. The van der Waals surface area contributed by atoms with Crippen LogP contribution in [0, 0.1) is 0 Å². The van der Waals surface area contributed by atoms with Crippen molar-refractivity contribution in [3.8, 4) is 0 Å². The largest absolute Gasteiger partial charge is 0.478 e. The Morgan fingerprint density at radius 2 is 1.97 bits per heavy atom. The zero-order valence-corrected chi connectivity index (χ0v) is 22.2. The number of thioether (sulfide) groups is 1. The quantitative estimate of drug-likeness (QED) is 0.138. The van der Waals surface area contributed by atoms with Crippen LogP contribution in [0.3, 0.4) is 0 Å². The summed E-state index contributed by atoms with van der Waals surface area (Å²) in [5.41, 5.74) is -1.46. The second kappa shape index (κ2) is 10.8. The minimum absolute atomic E-state index is 0.0980. The van der Waals surface area contributed by atoms with Crippen LogP contribution in [0.5, 0.6) is 0 Å². The number of β-lactam (4-membered cyclic amide) rings is 1. The van der Waals surface area contributed by atoms with Gasteiger partial charge in [0.1, 0.15) is 22.8 Å². The predicted octanol–water partition coefficient (Wildman–Crippen LogP) is 0.495. The molecule has 4 N–H and O–H groups in total. The van der Waals surface area contributed by atoms with Gasteiger partial charge in [-0.05, 0) is 13.8 Å². The molecule has 1 unspecified atom stereocenters. The molecule has 0 saturated carbocycles. The summed E-state index contributed by atoms with van der Waals surface area (Å²) in [5.74, 6) is -3.57. The third kappa shape index (κ3) is 5.33. The fourth-order valence-electron chi connectivity index (χ4n) is 3.68. The summed E-state index contributed by atoms with van der Waals surface area (Å²) < 4.78 is 1.82. The number of carboxylic acids is 2. The van der Waals surface area contributed by atoms with Crippen molar-refractivity contribution in [2.75, 3.05) is 18.1 Å². The number of carbonyl (C=O) groups is 4. The summed E-state index contributed by atoms with van der Waals surface area (Å²) in [6, 6.07) is 4.47. The van der Waals surface area contributed by atoms with Gasteiger partial charge in [-0.3, -0.25) is 14.5 Å². The molecule has 2 aromatic rings. The van der Waals surface area contributed by atoms with Crippen molar-refractivity contribution in [2.24, 2.45) is 5.16 Å². The molecule has 15 heteroatoms. The summed E-state index contributed by atoms with van der Waals surface area (Å²) >= 11 is 2.52. The number of fused-ring (bicyclic) bond motifs is 1. The molecule has 200 valence electrons. The molecular formula is C23H25N6O7S2+. The number of rotatable bonds is 10. The maximum absolute atomic E-state index is 13.2. The Kier molecular flexibility index (Phi) is 7.68. The Morgan fingerprint density at radius 3 is 2.58 bits per heavy atom. The number of pyridine rings is 1. The third-order valence-electron chi connectivity index (χ3n) is 5.74. The van der Waals surface area contributed by atoms with Gasteiger partial charge in [-0.15, -0.1) is 23.1 Å². The number of nitrogens with zero attached hydrogens (tertiary/aromatic N) is 4. The average Bonchev–Trinajstić information content (AvgIpc) is 3.36. The van der Waals surface area contributed by atoms with E-state index in [1.165, 1.54) is 47.2 Å². The van der Waals surface area contributed by atoms with Crippen LogP contribution in [0.2, 0.25) is 0 Å². The molecule has 13 nitrogen and oxygen atoms in total. The molecule has 38 heavy (non-hydrogen) atoms. The van der Waals surface area contributed by atoms with E-state index in [0.29, 0.717) is 23.0 Å². The molecule has 0 aliphatic carbocycles. The van der Waals surface area contributed by atoms with Gasteiger partial charge in [0.05, 0.1) is 0 Å². The molecule has 0 aromatic carbocycles. The standard InChI is InChI=1S/C23H24N6O7S2/c1-23(2,21(34)35)36-27-14(13-11-38-22(24-3)25-13)17(30)26-15-18(31)29-16(20(32)33)12(10-37-19(15)29)9-28-7-5-4-6-8-28/h4-8,11,15,19H,9-10H2,1-3H3,(H3-,24,25,26,30,32,33,34,35)/p+1/b27-14-/t15-,19?/m1/s1. The molecule has 0 spiro atoms. The van der Waals surface area contributed by atoms with E-state index >= 15 is 0 Å². The number of carboxylic acid groups (broad SMARTS) is 2. The van der Waals surface area contributed by atoms with Gasteiger partial charge in [0.25, 0.3) is 11.8 Å². The number of hydrogen-bond acceptors (Lipinski definition) is 10. The first-order chi connectivity index (χ1) is 18.0. The normalized spacial score (nSPS) is 19.4. The maximum Gasteiger partial charge on any atom is 0.352 e. The Balaban J connectivity index is 1.56. The van der Waals surface area contributed by atoms with Crippen molar-refractivity contribution in [1.82, 2.24) is 15.2 Å². The van der Waals surface area contributed by atoms with Gasteiger partial charge in [-0.2, -0.15) is 0 Å². The number of aliphatic carboxylic acids is 2. The summed E-state index contributed by atoms with van der Waals surface area (Å²) in [6.07, 6.45) is 3.60. The predicted molar refractivity (Wildman–Crippen MR) is 137 cm³/mol. The van der Waals surface area contributed by atoms with Gasteiger partial charge in [0.15, 0.2) is 29.8 Å². The topological polar surface area (TPSA) is 174 Å². The molecule has 2 atom stereocenters. The van der Waals surface area contributed by atoms with Crippen LogP contribution >= 0.6 is 23.1 Å². The minimum Gasteiger partial charge on any atom is -0.478 e. The van der Waals surface area contributed by atoms with E-state index in [1.54, 1.807) is 19.4 Å². The van der Waals surface area contributed by atoms with Crippen LogP contribution in [0.1, 0.15) is 19.5 Å². The molecule has 2 aliphatic heterocycles. The highest BCUT2D eigenvalue weighted by atomic mass is 32.2. The van der Waals surface area contributed by atoms with Crippen molar-refractivity contribution >= 4 is 57.7 Å². The highest BCUT2D eigenvalue weighted by molar-refractivity contribution is 8.00. The fourth-order valence-corrected chi connectivity index (χ4v) is 5.67. The van der Waals surface area contributed by atoms with Crippen LogP contribution in [0.15, 0.2) is 52.4 Å². The molecule has 2 aromatic heterocycles. The van der Waals surface area contributed by atoms with Crippen LogP contribution < -0.4 is 15.2 Å². The summed E-state index contributed by atoms with van der Waals surface area (Å²) in [6.45, 7) is 2.84. The van der Waals surface area contributed by atoms with Gasteiger partial charge < -0.3 is 25.7 Å². The van der Waals surface area contributed by atoms with Crippen LogP contribution in [-0.2, 0) is 30.6 Å². The lowest BCUT2D eigenvalue weighted by molar-refractivity contribution is -0.689. The Labute approximate surface area is 225 Å². The van der Waals surface area contributed by atoms with Crippen molar-refractivity contribution < 1.29 is 38.8 Å². The first-order valence-electron chi connectivity index (χ1n) is 11.3. The van der Waals surface area contributed by atoms with Crippen molar-refractivity contribution in [1.29, 1.82) is 0 Å². The average molecular weight is 562 g/mol.